The van der Waals surface area contributed by atoms with Crippen molar-refractivity contribution in [1.29, 1.82) is 0 Å². The van der Waals surface area contributed by atoms with Crippen molar-refractivity contribution in [3.05, 3.63) is 0 Å². The molecule has 21 heavy (non-hydrogen) atoms. The Morgan fingerprint density at radius 1 is 1.38 bits per heavy atom. The molecule has 6 nitrogen and oxygen atoms in total. The van der Waals surface area contributed by atoms with Crippen molar-refractivity contribution in [2.75, 3.05) is 40.3 Å². The lowest BCUT2D eigenvalue weighted by atomic mass is 9.96. The van der Waals surface area contributed by atoms with Gasteiger partial charge >= 0.3 is 6.03 Å². The molecule has 1 aliphatic heterocycles. The minimum Gasteiger partial charge on any atom is -0.396 e. The number of aliphatic hydroxyl groups excluding tert-OH is 1. The quantitative estimate of drug-likeness (QED) is 0.783. The maximum Gasteiger partial charge on any atom is 0.319 e. The van der Waals surface area contributed by atoms with E-state index in [4.69, 9.17) is 5.11 Å². The lowest BCUT2D eigenvalue weighted by molar-refractivity contribution is -0.126. The van der Waals surface area contributed by atoms with E-state index in [1.807, 2.05) is 0 Å². The second-order valence-electron chi connectivity index (χ2n) is 6.65. The first-order valence-electron chi connectivity index (χ1n) is 7.82. The molecule has 1 saturated heterocycles. The van der Waals surface area contributed by atoms with Crippen LogP contribution in [0.25, 0.3) is 0 Å². The molecule has 2 N–H and O–H groups in total. The zero-order valence-electron chi connectivity index (χ0n) is 13.1. The fourth-order valence-electron chi connectivity index (χ4n) is 3.00. The lowest BCUT2D eigenvalue weighted by Gasteiger charge is -2.34. The number of aliphatic hydroxyl groups is 1. The highest BCUT2D eigenvalue weighted by Gasteiger charge is 2.42. The first-order chi connectivity index (χ1) is 9.97. The molecule has 0 radical (unpaired) electrons. The third-order valence-corrected chi connectivity index (χ3v) is 4.68. The van der Waals surface area contributed by atoms with Gasteiger partial charge in [0.2, 0.25) is 5.91 Å². The molecule has 1 heterocycles. The van der Waals surface area contributed by atoms with Crippen LogP contribution in [0.5, 0.6) is 0 Å². The van der Waals surface area contributed by atoms with Gasteiger partial charge in [0.25, 0.3) is 0 Å². The first kappa shape index (κ1) is 16.1. The standard InChI is InChI=1S/C15H27N3O3/c1-17(2)14(21)18-8-3-4-12(10-18)13(20)16-11-15(5-6-15)7-9-19/h12,19H,3-11H2,1-2H3,(H,16,20). The largest absolute Gasteiger partial charge is 0.396 e. The zero-order chi connectivity index (χ0) is 15.5. The summed E-state index contributed by atoms with van der Waals surface area (Å²) >= 11 is 0. The fraction of sp³-hybridized carbons (Fsp3) is 0.867. The van der Waals surface area contributed by atoms with Crippen LogP contribution in [0.1, 0.15) is 32.1 Å². The van der Waals surface area contributed by atoms with Crippen LogP contribution >= 0.6 is 0 Å². The maximum atomic E-state index is 12.3. The smallest absolute Gasteiger partial charge is 0.319 e. The average Bonchev–Trinajstić information content (AvgIpc) is 3.24. The van der Waals surface area contributed by atoms with Crippen LogP contribution in [0, 0.1) is 11.3 Å². The summed E-state index contributed by atoms with van der Waals surface area (Å²) in [5.74, 6) is -0.0527. The summed E-state index contributed by atoms with van der Waals surface area (Å²) in [6.07, 6.45) is 4.66. The average molecular weight is 297 g/mol. The molecule has 2 rings (SSSR count). The molecular formula is C15H27N3O3. The van der Waals surface area contributed by atoms with E-state index in [-0.39, 0.29) is 29.9 Å². The van der Waals surface area contributed by atoms with Gasteiger partial charge in [-0.05, 0) is 37.5 Å². The lowest BCUT2D eigenvalue weighted by Crippen LogP contribution is -2.49. The van der Waals surface area contributed by atoms with Crippen molar-refractivity contribution in [2.45, 2.75) is 32.1 Å². The summed E-state index contributed by atoms with van der Waals surface area (Å²) in [6, 6.07) is -0.0218. The Kier molecular flexibility index (Phi) is 5.08. The SMILES string of the molecule is CN(C)C(=O)N1CCCC(C(=O)NCC2(CCO)CC2)C1. The number of amides is 3. The number of likely N-dealkylation sites (tertiary alicyclic amines) is 1. The van der Waals surface area contributed by atoms with E-state index in [2.05, 4.69) is 5.32 Å². The molecule has 2 fully saturated rings. The van der Waals surface area contributed by atoms with Crippen molar-refractivity contribution < 1.29 is 14.7 Å². The van der Waals surface area contributed by atoms with E-state index in [1.165, 1.54) is 0 Å². The highest BCUT2D eigenvalue weighted by atomic mass is 16.3. The number of carbonyl (C=O) groups excluding carboxylic acids is 2. The Balaban J connectivity index is 1.81. The molecule has 0 spiro atoms. The van der Waals surface area contributed by atoms with Crippen LogP contribution in [0.2, 0.25) is 0 Å². The summed E-state index contributed by atoms with van der Waals surface area (Å²) in [7, 11) is 3.47. The predicted molar refractivity (Wildman–Crippen MR) is 79.8 cm³/mol. The summed E-state index contributed by atoms with van der Waals surface area (Å²) in [6.45, 7) is 2.08. The number of rotatable bonds is 5. The summed E-state index contributed by atoms with van der Waals surface area (Å²) in [4.78, 5) is 27.6. The number of piperidine rings is 1. The Bertz CT molecular complexity index is 394. The molecule has 0 aromatic heterocycles. The van der Waals surface area contributed by atoms with E-state index in [0.29, 0.717) is 13.1 Å². The second kappa shape index (κ2) is 6.64. The highest BCUT2D eigenvalue weighted by molar-refractivity contribution is 5.80. The minimum atomic E-state index is -0.104. The Labute approximate surface area is 126 Å². The van der Waals surface area contributed by atoms with Gasteiger partial charge in [0.15, 0.2) is 0 Å². The zero-order valence-corrected chi connectivity index (χ0v) is 13.1. The molecule has 6 heteroatoms. The van der Waals surface area contributed by atoms with Crippen molar-refractivity contribution >= 4 is 11.9 Å². The number of urea groups is 1. The Morgan fingerprint density at radius 3 is 2.67 bits per heavy atom. The van der Waals surface area contributed by atoms with Gasteiger partial charge in [0.1, 0.15) is 0 Å². The Morgan fingerprint density at radius 2 is 2.10 bits per heavy atom. The van der Waals surface area contributed by atoms with E-state index in [1.54, 1.807) is 23.9 Å². The number of carbonyl (C=O) groups is 2. The van der Waals surface area contributed by atoms with Crippen molar-refractivity contribution in [3.63, 3.8) is 0 Å². The molecule has 0 bridgehead atoms. The molecule has 0 aromatic carbocycles. The van der Waals surface area contributed by atoms with E-state index in [0.717, 1.165) is 38.6 Å². The van der Waals surface area contributed by atoms with Crippen LogP contribution in [0.4, 0.5) is 4.79 Å². The molecule has 3 amide bonds. The summed E-state index contributed by atoms with van der Waals surface area (Å²) < 4.78 is 0. The number of nitrogens with one attached hydrogen (secondary N) is 1. The van der Waals surface area contributed by atoms with E-state index >= 15 is 0 Å². The van der Waals surface area contributed by atoms with E-state index in [9.17, 15) is 9.59 Å². The van der Waals surface area contributed by atoms with Crippen molar-refractivity contribution in [2.24, 2.45) is 11.3 Å². The molecule has 1 unspecified atom stereocenters. The van der Waals surface area contributed by atoms with Gasteiger partial charge < -0.3 is 20.2 Å². The van der Waals surface area contributed by atoms with Crippen molar-refractivity contribution in [3.8, 4) is 0 Å². The first-order valence-corrected chi connectivity index (χ1v) is 7.82. The molecule has 1 aliphatic carbocycles. The fourth-order valence-corrected chi connectivity index (χ4v) is 3.00. The summed E-state index contributed by atoms with van der Waals surface area (Å²) in [5.41, 5.74) is 0.137. The van der Waals surface area contributed by atoms with Crippen LogP contribution in [0.15, 0.2) is 0 Å². The van der Waals surface area contributed by atoms with Gasteiger partial charge in [-0.3, -0.25) is 4.79 Å². The number of hydrogen-bond donors (Lipinski definition) is 2. The van der Waals surface area contributed by atoms with E-state index < -0.39 is 0 Å². The topological polar surface area (TPSA) is 72.9 Å². The summed E-state index contributed by atoms with van der Waals surface area (Å²) in [5, 5.41) is 12.1. The van der Waals surface area contributed by atoms with Gasteiger partial charge in [-0.2, -0.15) is 0 Å². The Hall–Kier alpha value is -1.30. The monoisotopic (exact) mass is 297 g/mol. The van der Waals surface area contributed by atoms with Crippen LogP contribution < -0.4 is 5.32 Å². The highest BCUT2D eigenvalue weighted by Crippen LogP contribution is 2.47. The van der Waals surface area contributed by atoms with Gasteiger partial charge in [-0.25, -0.2) is 4.79 Å². The third-order valence-electron chi connectivity index (χ3n) is 4.68. The van der Waals surface area contributed by atoms with Crippen LogP contribution in [0.3, 0.4) is 0 Å². The molecule has 0 aromatic rings. The second-order valence-corrected chi connectivity index (χ2v) is 6.65. The molecule has 2 aliphatic rings. The molecule has 120 valence electrons. The van der Waals surface area contributed by atoms with Gasteiger partial charge in [-0.1, -0.05) is 0 Å². The third kappa shape index (κ3) is 4.09. The van der Waals surface area contributed by atoms with Crippen LogP contribution in [-0.4, -0.2) is 67.2 Å². The van der Waals surface area contributed by atoms with Gasteiger partial charge in [-0.15, -0.1) is 0 Å². The number of nitrogens with zero attached hydrogens (tertiary/aromatic N) is 2. The van der Waals surface area contributed by atoms with Crippen LogP contribution in [-0.2, 0) is 4.79 Å². The molecular weight excluding hydrogens is 270 g/mol. The molecule has 1 saturated carbocycles. The predicted octanol–water partition coefficient (Wildman–Crippen LogP) is 0.659. The van der Waals surface area contributed by atoms with Crippen molar-refractivity contribution in [1.82, 2.24) is 15.1 Å². The molecule has 1 atom stereocenters. The maximum absolute atomic E-state index is 12.3. The minimum absolute atomic E-state index is 0.0218. The normalized spacial score (nSPS) is 23.6. The number of hydrogen-bond acceptors (Lipinski definition) is 3. The van der Waals surface area contributed by atoms with Gasteiger partial charge in [0.05, 0.1) is 5.92 Å². The van der Waals surface area contributed by atoms with Gasteiger partial charge in [0, 0.05) is 40.3 Å².